The number of amides is 5. The minimum absolute atomic E-state index is 0.0304. The maximum atomic E-state index is 14.1. The standard InChI is InChI=1S/C36H41FN8O3/c1-24-20-25(21-27-23-38-41-33(24)27)22-32(34(46)43-18-16-42(17-19-43)29-8-6-28(37)7-9-29)40-35(47)44-13-11-30(12-14-44)45-15-10-26-4-2-3-5-31(26)39-36(45)48/h2-9,20-21,23,30,32H,10-19,22H2,1H3,(H,38,41)(H,39,48)(H,40,47). The summed E-state index contributed by atoms with van der Waals surface area (Å²) in [6, 6.07) is 17.2. The van der Waals surface area contributed by atoms with E-state index in [1.54, 1.807) is 23.2 Å². The average Bonchev–Trinajstić information content (AvgIpc) is 3.52. The number of aromatic nitrogens is 2. The molecule has 0 bridgehead atoms. The number of halogens is 1. The Bertz CT molecular complexity index is 1790. The third-order valence-corrected chi connectivity index (χ3v) is 9.96. The number of rotatable bonds is 6. The fraction of sp³-hybridized carbons (Fsp3) is 0.389. The lowest BCUT2D eigenvalue weighted by Crippen LogP contribution is -2.58. The van der Waals surface area contributed by atoms with Gasteiger partial charge in [-0.25, -0.2) is 14.0 Å². The van der Waals surface area contributed by atoms with E-state index < -0.39 is 6.04 Å². The topological polar surface area (TPSA) is 117 Å². The van der Waals surface area contributed by atoms with E-state index in [4.69, 9.17) is 0 Å². The first kappa shape index (κ1) is 31.5. The van der Waals surface area contributed by atoms with Crippen LogP contribution >= 0.6 is 0 Å². The van der Waals surface area contributed by atoms with Gasteiger partial charge >= 0.3 is 12.1 Å². The molecule has 1 atom stereocenters. The number of carbonyl (C=O) groups excluding carboxylic acids is 3. The van der Waals surface area contributed by atoms with Gasteiger partial charge in [0.25, 0.3) is 0 Å². The minimum Gasteiger partial charge on any atom is -0.368 e. The van der Waals surface area contributed by atoms with Gasteiger partial charge in [-0.2, -0.15) is 5.10 Å². The first-order valence-corrected chi connectivity index (χ1v) is 16.8. The fourth-order valence-corrected chi connectivity index (χ4v) is 7.28. The number of carbonyl (C=O) groups is 3. The van der Waals surface area contributed by atoms with E-state index in [9.17, 15) is 18.8 Å². The van der Waals surface area contributed by atoms with E-state index in [-0.39, 0.29) is 29.8 Å². The molecule has 0 saturated carbocycles. The Kier molecular flexibility index (Phi) is 8.88. The van der Waals surface area contributed by atoms with Crippen LogP contribution < -0.4 is 15.5 Å². The van der Waals surface area contributed by atoms with Gasteiger partial charge in [0.1, 0.15) is 11.9 Å². The van der Waals surface area contributed by atoms with Crippen LogP contribution in [0.3, 0.4) is 0 Å². The molecular weight excluding hydrogens is 611 g/mol. The molecule has 4 aromatic rings. The number of para-hydroxylation sites is 1. The van der Waals surface area contributed by atoms with Crippen LogP contribution in [0.25, 0.3) is 10.9 Å². The Labute approximate surface area is 279 Å². The largest absolute Gasteiger partial charge is 0.368 e. The van der Waals surface area contributed by atoms with Crippen LogP contribution in [0, 0.1) is 12.7 Å². The third-order valence-electron chi connectivity index (χ3n) is 9.96. The van der Waals surface area contributed by atoms with Gasteiger partial charge in [-0.1, -0.05) is 24.3 Å². The van der Waals surface area contributed by atoms with E-state index in [0.29, 0.717) is 65.1 Å². The highest BCUT2D eigenvalue weighted by molar-refractivity contribution is 5.91. The van der Waals surface area contributed by atoms with E-state index in [1.165, 1.54) is 12.1 Å². The van der Waals surface area contributed by atoms with Crippen molar-refractivity contribution >= 4 is 40.2 Å². The van der Waals surface area contributed by atoms with E-state index in [1.807, 2.05) is 53.1 Å². The smallest absolute Gasteiger partial charge is 0.322 e. The van der Waals surface area contributed by atoms with Gasteiger partial charge < -0.3 is 30.2 Å². The Morgan fingerprint density at radius 1 is 0.958 bits per heavy atom. The number of H-pyrrole nitrogens is 1. The molecule has 1 unspecified atom stereocenters. The molecule has 48 heavy (non-hydrogen) atoms. The number of anilines is 2. The van der Waals surface area contributed by atoms with Crippen LogP contribution in [0.2, 0.25) is 0 Å². The van der Waals surface area contributed by atoms with Crippen molar-refractivity contribution in [2.45, 2.75) is 44.7 Å². The highest BCUT2D eigenvalue weighted by Crippen LogP contribution is 2.25. The second kappa shape index (κ2) is 13.5. The lowest BCUT2D eigenvalue weighted by Gasteiger charge is -2.39. The summed E-state index contributed by atoms with van der Waals surface area (Å²) in [6.07, 6.45) is 4.22. The molecule has 250 valence electrons. The number of nitrogens with zero attached hydrogens (tertiary/aromatic N) is 5. The summed E-state index contributed by atoms with van der Waals surface area (Å²) in [5, 5.41) is 14.3. The second-order valence-corrected chi connectivity index (χ2v) is 13.0. The first-order valence-electron chi connectivity index (χ1n) is 16.8. The van der Waals surface area contributed by atoms with Gasteiger partial charge in [0.2, 0.25) is 5.91 Å². The number of benzene rings is 3. The number of hydrogen-bond donors (Lipinski definition) is 3. The Hall–Kier alpha value is -5.13. The molecule has 0 radical (unpaired) electrons. The monoisotopic (exact) mass is 652 g/mol. The molecule has 7 rings (SSSR count). The number of nitrogens with one attached hydrogen (secondary N) is 3. The van der Waals surface area contributed by atoms with E-state index in [2.05, 4.69) is 25.7 Å². The lowest BCUT2D eigenvalue weighted by molar-refractivity contribution is -0.133. The van der Waals surface area contributed by atoms with Crippen molar-refractivity contribution in [3.8, 4) is 0 Å². The lowest BCUT2D eigenvalue weighted by atomic mass is 10.00. The van der Waals surface area contributed by atoms with Gasteiger partial charge in [-0.3, -0.25) is 9.89 Å². The molecule has 11 nitrogen and oxygen atoms in total. The van der Waals surface area contributed by atoms with Crippen molar-refractivity contribution in [3.63, 3.8) is 0 Å². The number of aromatic amines is 1. The van der Waals surface area contributed by atoms with Gasteiger partial charge in [-0.15, -0.1) is 0 Å². The van der Waals surface area contributed by atoms with Crippen LogP contribution in [-0.2, 0) is 17.6 Å². The molecule has 3 aliphatic rings. The summed E-state index contributed by atoms with van der Waals surface area (Å²) >= 11 is 0. The SMILES string of the molecule is Cc1cc(CC(NC(=O)N2CCC(N3CCc4ccccc4NC3=O)CC2)C(=O)N2CCN(c3ccc(F)cc3)CC2)cc2cn[nH]c12. The zero-order valence-electron chi connectivity index (χ0n) is 27.1. The summed E-state index contributed by atoms with van der Waals surface area (Å²) in [5.41, 5.74) is 5.82. The van der Waals surface area contributed by atoms with Crippen molar-refractivity contribution < 1.29 is 18.8 Å². The molecule has 2 saturated heterocycles. The highest BCUT2D eigenvalue weighted by Gasteiger charge is 2.34. The van der Waals surface area contributed by atoms with Crippen LogP contribution in [-0.4, -0.2) is 101 Å². The number of fused-ring (bicyclic) bond motifs is 2. The molecule has 0 spiro atoms. The number of piperidine rings is 1. The maximum absolute atomic E-state index is 14.1. The number of piperazine rings is 1. The Balaban J connectivity index is 1.01. The second-order valence-electron chi connectivity index (χ2n) is 13.0. The molecule has 2 fully saturated rings. The Morgan fingerprint density at radius 3 is 2.48 bits per heavy atom. The van der Waals surface area contributed by atoms with Crippen LogP contribution in [0.5, 0.6) is 0 Å². The molecule has 0 aliphatic carbocycles. The van der Waals surface area contributed by atoms with Crippen molar-refractivity contribution in [2.75, 3.05) is 56.0 Å². The summed E-state index contributed by atoms with van der Waals surface area (Å²) in [7, 11) is 0. The number of hydrogen-bond acceptors (Lipinski definition) is 5. The van der Waals surface area contributed by atoms with E-state index >= 15 is 0 Å². The zero-order valence-corrected chi connectivity index (χ0v) is 27.1. The predicted molar refractivity (Wildman–Crippen MR) is 183 cm³/mol. The summed E-state index contributed by atoms with van der Waals surface area (Å²) in [4.78, 5) is 48.5. The first-order chi connectivity index (χ1) is 23.3. The fourth-order valence-electron chi connectivity index (χ4n) is 7.28. The molecule has 3 aliphatic heterocycles. The quantitative estimate of drug-likeness (QED) is 0.283. The van der Waals surface area contributed by atoms with Crippen LogP contribution in [0.1, 0.15) is 29.5 Å². The number of urea groups is 2. The van der Waals surface area contributed by atoms with Crippen molar-refractivity contribution in [1.29, 1.82) is 0 Å². The average molecular weight is 653 g/mol. The van der Waals surface area contributed by atoms with Crippen LogP contribution in [0.4, 0.5) is 25.4 Å². The van der Waals surface area contributed by atoms with Crippen LogP contribution in [0.15, 0.2) is 66.9 Å². The Morgan fingerprint density at radius 2 is 1.71 bits per heavy atom. The van der Waals surface area contributed by atoms with Gasteiger partial charge in [0.05, 0.1) is 11.7 Å². The van der Waals surface area contributed by atoms with Crippen molar-refractivity contribution in [1.82, 2.24) is 30.2 Å². The highest BCUT2D eigenvalue weighted by atomic mass is 19.1. The summed E-state index contributed by atoms with van der Waals surface area (Å²) in [5.74, 6) is -0.402. The third kappa shape index (κ3) is 6.65. The summed E-state index contributed by atoms with van der Waals surface area (Å²) in [6.45, 7) is 5.83. The van der Waals surface area contributed by atoms with Gasteiger partial charge in [-0.05, 0) is 79.3 Å². The maximum Gasteiger partial charge on any atom is 0.322 e. The minimum atomic E-state index is -0.758. The summed E-state index contributed by atoms with van der Waals surface area (Å²) < 4.78 is 13.5. The zero-order chi connectivity index (χ0) is 33.2. The molecule has 4 heterocycles. The number of aryl methyl sites for hydroxylation is 1. The van der Waals surface area contributed by atoms with Gasteiger partial charge in [0, 0.05) is 75.0 Å². The molecule has 1 aromatic heterocycles. The molecule has 3 aromatic carbocycles. The number of likely N-dealkylation sites (tertiary alicyclic amines) is 1. The molecular formula is C36H41FN8O3. The van der Waals surface area contributed by atoms with E-state index in [0.717, 1.165) is 45.4 Å². The normalized spacial score (nSPS) is 17.9. The van der Waals surface area contributed by atoms with Crippen molar-refractivity contribution in [2.24, 2.45) is 0 Å². The molecule has 12 heteroatoms. The molecule has 5 amide bonds. The van der Waals surface area contributed by atoms with Gasteiger partial charge in [0.15, 0.2) is 0 Å². The van der Waals surface area contributed by atoms with Crippen molar-refractivity contribution in [3.05, 3.63) is 89.4 Å². The molecule has 3 N–H and O–H groups in total. The predicted octanol–water partition coefficient (Wildman–Crippen LogP) is 4.53.